The monoisotopic (exact) mass is 479 g/mol. The maximum Gasteiger partial charge on any atom is 0.316 e. The third kappa shape index (κ3) is 4.81. The summed E-state index contributed by atoms with van der Waals surface area (Å²) in [4.78, 5) is 26.7. The van der Waals surface area contributed by atoms with Gasteiger partial charge in [0.05, 0.1) is 20.3 Å². The molecule has 1 heterocycles. The van der Waals surface area contributed by atoms with Gasteiger partial charge in [-0.15, -0.1) is 0 Å². The molecule has 0 saturated carbocycles. The van der Waals surface area contributed by atoms with Crippen molar-refractivity contribution >= 4 is 11.8 Å². The quantitative estimate of drug-likeness (QED) is 0.587. The van der Waals surface area contributed by atoms with Gasteiger partial charge in [-0.1, -0.05) is 24.8 Å². The zero-order chi connectivity index (χ0) is 25.3. The van der Waals surface area contributed by atoms with Crippen LogP contribution in [0.5, 0.6) is 11.5 Å². The fourth-order valence-corrected chi connectivity index (χ4v) is 5.01. The summed E-state index contributed by atoms with van der Waals surface area (Å²) in [5, 5.41) is 3.25. The molecule has 4 rings (SSSR count). The zero-order valence-electron chi connectivity index (χ0n) is 20.4. The smallest absolute Gasteiger partial charge is 0.316 e. The summed E-state index contributed by atoms with van der Waals surface area (Å²) in [6.07, 6.45) is 0.502. The summed E-state index contributed by atoms with van der Waals surface area (Å²) in [6, 6.07) is 11.6. The Morgan fingerprint density at radius 1 is 1.03 bits per heavy atom. The molecule has 184 valence electrons. The Morgan fingerprint density at radius 3 is 2.31 bits per heavy atom. The van der Waals surface area contributed by atoms with Gasteiger partial charge in [-0.25, -0.2) is 4.39 Å². The van der Waals surface area contributed by atoms with Crippen LogP contribution in [0.4, 0.5) is 4.39 Å². The van der Waals surface area contributed by atoms with Gasteiger partial charge in [-0.2, -0.15) is 0 Å². The number of halogens is 1. The van der Waals surface area contributed by atoms with Crippen molar-refractivity contribution < 1.29 is 28.2 Å². The van der Waals surface area contributed by atoms with Crippen LogP contribution in [-0.4, -0.2) is 32.1 Å². The molecule has 0 fully saturated rings. The Kier molecular flexibility index (Phi) is 6.96. The normalized spacial score (nSPS) is 21.9. The predicted molar refractivity (Wildman–Crippen MR) is 130 cm³/mol. The molecule has 2 aliphatic rings. The molecular formula is C28H30FNO5. The predicted octanol–water partition coefficient (Wildman–Crippen LogP) is 5.01. The molecule has 7 heteroatoms. The molecule has 0 spiro atoms. The van der Waals surface area contributed by atoms with Crippen molar-refractivity contribution in [2.24, 2.45) is 5.92 Å². The van der Waals surface area contributed by atoms with Gasteiger partial charge in [-0.3, -0.25) is 9.59 Å². The van der Waals surface area contributed by atoms with E-state index in [4.69, 9.17) is 14.2 Å². The first-order valence-corrected chi connectivity index (χ1v) is 11.6. The van der Waals surface area contributed by atoms with Crippen molar-refractivity contribution in [2.45, 2.75) is 44.6 Å². The number of nitrogens with one attached hydrogen (secondary N) is 1. The molecule has 2 aromatic rings. The maximum atomic E-state index is 13.7. The van der Waals surface area contributed by atoms with Crippen LogP contribution in [-0.2, 0) is 14.3 Å². The Hall–Kier alpha value is -3.61. The Morgan fingerprint density at radius 2 is 1.69 bits per heavy atom. The first-order valence-electron chi connectivity index (χ1n) is 11.6. The van der Waals surface area contributed by atoms with Crippen LogP contribution in [0, 0.1) is 11.7 Å². The summed E-state index contributed by atoms with van der Waals surface area (Å²) in [5.74, 6) is -1.21. The summed E-state index contributed by atoms with van der Waals surface area (Å²) < 4.78 is 30.0. The lowest BCUT2D eigenvalue weighted by atomic mass is 9.69. The highest BCUT2D eigenvalue weighted by atomic mass is 19.1. The Bertz CT molecular complexity index is 1180. The molecule has 1 N–H and O–H groups in total. The van der Waals surface area contributed by atoms with Gasteiger partial charge in [-0.05, 0) is 61.6 Å². The average Bonchev–Trinajstić information content (AvgIpc) is 2.82. The lowest BCUT2D eigenvalue weighted by molar-refractivity contribution is -0.151. The van der Waals surface area contributed by atoms with Crippen LogP contribution in [0.15, 0.2) is 66.0 Å². The summed E-state index contributed by atoms with van der Waals surface area (Å²) >= 11 is 0. The number of esters is 1. The fraction of sp³-hybridized carbons (Fsp3) is 0.357. The van der Waals surface area contributed by atoms with Gasteiger partial charge in [0.25, 0.3) is 0 Å². The molecule has 2 aromatic carbocycles. The van der Waals surface area contributed by atoms with Gasteiger partial charge < -0.3 is 19.5 Å². The first kappa shape index (κ1) is 24.5. The first-order chi connectivity index (χ1) is 16.7. The van der Waals surface area contributed by atoms with Crippen LogP contribution in [0.25, 0.3) is 0 Å². The number of Topliss-reactive ketones (excluding diaryl/α,β-unsaturated/α-hetero) is 1. The van der Waals surface area contributed by atoms with Crippen LogP contribution < -0.4 is 14.8 Å². The van der Waals surface area contributed by atoms with E-state index in [2.05, 4.69) is 11.9 Å². The standard InChI is InChI=1S/C28H30FNO5/c1-15(2)35-28(32)25-16(3)30-21-12-19(18-8-11-23(33-4)24(14-18)34-5)13-22(31)27(21)26(25)17-6-9-20(29)10-7-17/h6-11,14-15,19,25-26,30H,3,12-13H2,1-2,4-5H3. The number of ether oxygens (including phenoxy) is 3. The molecule has 6 nitrogen and oxygen atoms in total. The van der Waals surface area contributed by atoms with Gasteiger partial charge in [0.1, 0.15) is 11.7 Å². The van der Waals surface area contributed by atoms with Crippen LogP contribution in [0.2, 0.25) is 0 Å². The van der Waals surface area contributed by atoms with E-state index in [0.29, 0.717) is 34.8 Å². The highest BCUT2D eigenvalue weighted by Crippen LogP contribution is 2.47. The maximum absolute atomic E-state index is 13.7. The minimum atomic E-state index is -0.803. The minimum absolute atomic E-state index is 0.0669. The number of benzene rings is 2. The molecule has 1 aliphatic carbocycles. The number of methoxy groups -OCH3 is 2. The lowest BCUT2D eigenvalue weighted by Gasteiger charge is -2.40. The van der Waals surface area contributed by atoms with E-state index in [-0.39, 0.29) is 30.0 Å². The average molecular weight is 480 g/mol. The van der Waals surface area contributed by atoms with E-state index in [1.807, 2.05) is 18.2 Å². The largest absolute Gasteiger partial charge is 0.493 e. The van der Waals surface area contributed by atoms with E-state index in [1.165, 1.54) is 12.1 Å². The molecular weight excluding hydrogens is 449 g/mol. The zero-order valence-corrected chi connectivity index (χ0v) is 20.4. The van der Waals surface area contributed by atoms with Gasteiger partial charge >= 0.3 is 5.97 Å². The molecule has 0 aromatic heterocycles. The summed E-state index contributed by atoms with van der Waals surface area (Å²) in [5.41, 5.74) is 3.35. The van der Waals surface area contributed by atoms with Gasteiger partial charge in [0, 0.05) is 29.3 Å². The molecule has 0 saturated heterocycles. The second kappa shape index (κ2) is 9.94. The van der Waals surface area contributed by atoms with E-state index in [9.17, 15) is 14.0 Å². The lowest BCUT2D eigenvalue weighted by Crippen LogP contribution is -2.42. The van der Waals surface area contributed by atoms with Crippen molar-refractivity contribution in [1.82, 2.24) is 5.32 Å². The van der Waals surface area contributed by atoms with E-state index in [1.54, 1.807) is 40.2 Å². The van der Waals surface area contributed by atoms with Crippen LogP contribution in [0.3, 0.4) is 0 Å². The molecule has 35 heavy (non-hydrogen) atoms. The van der Waals surface area contributed by atoms with Crippen molar-refractivity contribution in [2.75, 3.05) is 14.2 Å². The second-order valence-electron chi connectivity index (χ2n) is 9.18. The third-order valence-corrected chi connectivity index (χ3v) is 6.55. The van der Waals surface area contributed by atoms with Crippen LogP contribution in [0.1, 0.15) is 49.7 Å². The van der Waals surface area contributed by atoms with E-state index < -0.39 is 17.8 Å². The Labute approximate surface area is 204 Å². The molecule has 1 aliphatic heterocycles. The Balaban J connectivity index is 1.76. The number of allylic oxidation sites excluding steroid dienone is 2. The highest BCUT2D eigenvalue weighted by molar-refractivity contribution is 6.01. The van der Waals surface area contributed by atoms with Crippen molar-refractivity contribution in [3.63, 3.8) is 0 Å². The van der Waals surface area contributed by atoms with Crippen molar-refractivity contribution in [3.05, 3.63) is 83.0 Å². The number of rotatable bonds is 6. The third-order valence-electron chi connectivity index (χ3n) is 6.55. The molecule has 0 amide bonds. The number of hydrogen-bond donors (Lipinski definition) is 1. The molecule has 3 unspecified atom stereocenters. The summed E-state index contributed by atoms with van der Waals surface area (Å²) in [7, 11) is 3.15. The number of carbonyl (C=O) groups is 2. The molecule has 0 radical (unpaired) electrons. The van der Waals surface area contributed by atoms with Crippen LogP contribution >= 0.6 is 0 Å². The second-order valence-corrected chi connectivity index (χ2v) is 9.18. The fourth-order valence-electron chi connectivity index (χ4n) is 5.01. The highest BCUT2D eigenvalue weighted by Gasteiger charge is 2.45. The van der Waals surface area contributed by atoms with Crippen molar-refractivity contribution in [3.8, 4) is 11.5 Å². The number of hydrogen-bond acceptors (Lipinski definition) is 6. The number of ketones is 1. The van der Waals surface area contributed by atoms with Gasteiger partial charge in [0.2, 0.25) is 0 Å². The van der Waals surface area contributed by atoms with E-state index in [0.717, 1.165) is 11.3 Å². The topological polar surface area (TPSA) is 73.9 Å². The SMILES string of the molecule is C=C1NC2=C(C(=O)CC(c3ccc(OC)c(OC)c3)C2)C(c2ccc(F)cc2)C1C(=O)OC(C)C. The van der Waals surface area contributed by atoms with Crippen molar-refractivity contribution in [1.29, 1.82) is 0 Å². The minimum Gasteiger partial charge on any atom is -0.493 e. The summed E-state index contributed by atoms with van der Waals surface area (Å²) in [6.45, 7) is 7.66. The number of carbonyl (C=O) groups excluding carboxylic acids is 2. The molecule has 0 bridgehead atoms. The molecule has 3 atom stereocenters. The van der Waals surface area contributed by atoms with Gasteiger partial charge in [0.15, 0.2) is 17.3 Å². The van der Waals surface area contributed by atoms with E-state index >= 15 is 0 Å².